The van der Waals surface area contributed by atoms with Crippen LogP contribution < -0.4 is 5.32 Å². The molecule has 0 aromatic carbocycles. The Labute approximate surface area is 395 Å². The number of aliphatic hydroxyl groups excluding tert-OH is 19. The van der Waals surface area contributed by atoms with Crippen molar-refractivity contribution in [2.75, 3.05) is 39.6 Å². The van der Waals surface area contributed by atoms with Gasteiger partial charge in [0.05, 0.1) is 39.6 Å². The molecule has 0 radical (unpaired) electrons. The van der Waals surface area contributed by atoms with Gasteiger partial charge in [0.2, 0.25) is 5.91 Å². The second-order valence-corrected chi connectivity index (χ2v) is 17.5. The van der Waals surface area contributed by atoms with Crippen LogP contribution in [-0.4, -0.2) is 327 Å². The van der Waals surface area contributed by atoms with E-state index >= 15 is 0 Å². The summed E-state index contributed by atoms with van der Waals surface area (Å²) in [5.74, 6) is -0.806. The van der Waals surface area contributed by atoms with Gasteiger partial charge in [0.25, 0.3) is 0 Å². The van der Waals surface area contributed by atoms with Gasteiger partial charge in [-0.05, 0) is 0 Å². The van der Waals surface area contributed by atoms with Crippen molar-refractivity contribution in [3.8, 4) is 0 Å². The van der Waals surface area contributed by atoms with Crippen LogP contribution in [0.5, 0.6) is 0 Å². The molecular weight excluding hydrogens is 966 g/mol. The van der Waals surface area contributed by atoms with Crippen molar-refractivity contribution in [1.29, 1.82) is 0 Å². The first-order valence-electron chi connectivity index (χ1n) is 22.1. The average molecular weight is 1030 g/mol. The van der Waals surface area contributed by atoms with Gasteiger partial charge in [-0.15, -0.1) is 0 Å². The molecule has 32 heteroatoms. The molecule has 6 aliphatic rings. The number of carbonyl (C=O) groups excluding carboxylic acids is 1. The monoisotopic (exact) mass is 1030 g/mol. The highest BCUT2D eigenvalue weighted by molar-refractivity contribution is 5.73. The highest BCUT2D eigenvalue weighted by atomic mass is 16.8. The van der Waals surface area contributed by atoms with Gasteiger partial charge in [-0.25, -0.2) is 0 Å². The summed E-state index contributed by atoms with van der Waals surface area (Å²) in [5.41, 5.74) is 0. The van der Waals surface area contributed by atoms with Gasteiger partial charge in [-0.1, -0.05) is 0 Å². The first-order chi connectivity index (χ1) is 33.1. The molecule has 0 spiro atoms. The zero-order valence-electron chi connectivity index (χ0n) is 37.0. The van der Waals surface area contributed by atoms with E-state index in [-0.39, 0.29) is 0 Å². The second-order valence-electron chi connectivity index (χ2n) is 17.5. The van der Waals surface area contributed by atoms with Crippen molar-refractivity contribution in [3.63, 3.8) is 0 Å². The smallest absolute Gasteiger partial charge is 0.217 e. The van der Waals surface area contributed by atoms with E-state index in [4.69, 9.17) is 52.1 Å². The van der Waals surface area contributed by atoms with E-state index in [9.17, 15) is 102 Å². The Hall–Kier alpha value is -1.73. The third-order valence-corrected chi connectivity index (χ3v) is 12.8. The molecule has 0 aromatic heterocycles. The molecule has 0 aromatic rings. The van der Waals surface area contributed by atoms with Gasteiger partial charge in [-0.3, -0.25) is 4.79 Å². The lowest BCUT2D eigenvalue weighted by molar-refractivity contribution is -0.392. The van der Waals surface area contributed by atoms with E-state index in [2.05, 4.69) is 5.32 Å². The minimum Gasteiger partial charge on any atom is -0.394 e. The summed E-state index contributed by atoms with van der Waals surface area (Å²) in [5, 5.41) is 203. The Morgan fingerprint density at radius 3 is 1.17 bits per heavy atom. The predicted octanol–water partition coefficient (Wildman–Crippen LogP) is -14.0. The standard InChI is InChI=1S/C38H65NO31/c1-8(45)39-15-20(50)29(67-35-25(55)21(51)16(46)9(2-40)62-35)13(6-44)65-34(15)60-7-14-19(49)32(28(58)38(66-14)68-30-12(5-43)61-33(59)24(54)23(30)53)70-37-27(57)31(18(48)11(4-42)64-37)69-36-26(56)22(52)17(47)10(3-41)63-36/h9-38,40-44,46-59H,2-7H2,1H3,(H,39,45)/t9-,10-,11-,12-,13-,14-,15-,16+,17+,18+,19+,20-,21+,22+,23-,24-,25-,26-,27-,28-,29-,30-,31+,32+,33?,34-,35+,36+,37+,38+/m1/s1. The molecule has 6 heterocycles. The Bertz CT molecular complexity index is 1620. The number of nitrogens with one attached hydrogen (secondary N) is 1. The van der Waals surface area contributed by atoms with Gasteiger partial charge >= 0.3 is 0 Å². The molecule has 6 fully saturated rings. The van der Waals surface area contributed by atoms with Crippen molar-refractivity contribution in [2.45, 2.75) is 191 Å². The third kappa shape index (κ3) is 12.0. The maximum atomic E-state index is 12.4. The maximum absolute atomic E-state index is 12.4. The molecule has 30 atom stereocenters. The fraction of sp³-hybridized carbons (Fsp3) is 0.974. The van der Waals surface area contributed by atoms with Crippen molar-refractivity contribution in [2.24, 2.45) is 0 Å². The molecule has 0 saturated carbocycles. The molecule has 20 N–H and O–H groups in total. The Morgan fingerprint density at radius 2 is 0.729 bits per heavy atom. The zero-order valence-corrected chi connectivity index (χ0v) is 37.0. The highest BCUT2D eigenvalue weighted by Crippen LogP contribution is 2.36. The number of hydrogen-bond donors (Lipinski definition) is 20. The fourth-order valence-corrected chi connectivity index (χ4v) is 8.81. The number of carbonyl (C=O) groups is 1. The molecule has 32 nitrogen and oxygen atoms in total. The van der Waals surface area contributed by atoms with Crippen LogP contribution in [0.4, 0.5) is 0 Å². The molecule has 0 aliphatic carbocycles. The van der Waals surface area contributed by atoms with Crippen LogP contribution in [0, 0.1) is 0 Å². The topological polar surface area (TPSA) is 515 Å². The summed E-state index contributed by atoms with van der Waals surface area (Å²) in [4.78, 5) is 12.4. The quantitative estimate of drug-likeness (QED) is 0.0643. The van der Waals surface area contributed by atoms with Crippen LogP contribution in [0.25, 0.3) is 0 Å². The minimum absolute atomic E-state index is 0.806. The van der Waals surface area contributed by atoms with Crippen molar-refractivity contribution < 1.29 is 154 Å². The van der Waals surface area contributed by atoms with Crippen molar-refractivity contribution >= 4 is 5.91 Å². The molecule has 1 unspecified atom stereocenters. The Balaban J connectivity index is 1.25. The van der Waals surface area contributed by atoms with Crippen LogP contribution in [0.2, 0.25) is 0 Å². The van der Waals surface area contributed by atoms with Crippen LogP contribution in [0.3, 0.4) is 0 Å². The van der Waals surface area contributed by atoms with Gasteiger partial charge < -0.3 is 154 Å². The number of rotatable bonds is 17. The summed E-state index contributed by atoms with van der Waals surface area (Å²) in [6.07, 6.45) is -55.7. The lowest BCUT2D eigenvalue weighted by Gasteiger charge is -2.49. The molecule has 70 heavy (non-hydrogen) atoms. The van der Waals surface area contributed by atoms with Gasteiger partial charge in [0.15, 0.2) is 37.7 Å². The number of hydrogen-bond acceptors (Lipinski definition) is 31. The van der Waals surface area contributed by atoms with Gasteiger partial charge in [0.1, 0.15) is 146 Å². The molecule has 1 amide bonds. The van der Waals surface area contributed by atoms with Gasteiger partial charge in [-0.2, -0.15) is 0 Å². The summed E-state index contributed by atoms with van der Waals surface area (Å²) in [6, 6.07) is -1.67. The molecule has 6 saturated heterocycles. The zero-order chi connectivity index (χ0) is 51.6. The molecule has 6 aliphatic heterocycles. The minimum atomic E-state index is -2.26. The second kappa shape index (κ2) is 24.7. The van der Waals surface area contributed by atoms with Crippen molar-refractivity contribution in [3.05, 3.63) is 0 Å². The maximum Gasteiger partial charge on any atom is 0.217 e. The van der Waals surface area contributed by atoms with E-state index < -0.39 is 230 Å². The number of aliphatic hydroxyl groups is 19. The first-order valence-corrected chi connectivity index (χ1v) is 22.1. The van der Waals surface area contributed by atoms with Gasteiger partial charge in [0, 0.05) is 6.92 Å². The Kier molecular flexibility index (Phi) is 20.3. The Morgan fingerprint density at radius 1 is 0.371 bits per heavy atom. The first kappa shape index (κ1) is 57.5. The predicted molar refractivity (Wildman–Crippen MR) is 211 cm³/mol. The van der Waals surface area contributed by atoms with Crippen LogP contribution in [0.1, 0.15) is 6.92 Å². The largest absolute Gasteiger partial charge is 0.394 e. The van der Waals surface area contributed by atoms with E-state index in [1.54, 1.807) is 0 Å². The third-order valence-electron chi connectivity index (χ3n) is 12.8. The van der Waals surface area contributed by atoms with E-state index in [0.29, 0.717) is 0 Å². The molecule has 408 valence electrons. The van der Waals surface area contributed by atoms with Crippen molar-refractivity contribution in [1.82, 2.24) is 5.32 Å². The molecule has 0 bridgehead atoms. The average Bonchev–Trinajstić information content (AvgIpc) is 3.33. The van der Waals surface area contributed by atoms with Crippen LogP contribution in [-0.2, 0) is 56.9 Å². The highest BCUT2D eigenvalue weighted by Gasteiger charge is 2.57. The van der Waals surface area contributed by atoms with Crippen LogP contribution in [0.15, 0.2) is 0 Å². The number of amides is 1. The lowest BCUT2D eigenvalue weighted by atomic mass is 9.95. The lowest BCUT2D eigenvalue weighted by Crippen LogP contribution is -2.68. The van der Waals surface area contributed by atoms with E-state index in [1.165, 1.54) is 0 Å². The summed E-state index contributed by atoms with van der Waals surface area (Å²) in [6.45, 7) is -4.61. The van der Waals surface area contributed by atoms with E-state index in [1.807, 2.05) is 0 Å². The molecular formula is C38H65NO31. The summed E-state index contributed by atoms with van der Waals surface area (Å²) in [7, 11) is 0. The normalized spacial score (nSPS) is 51.5. The SMILES string of the molecule is CC(=O)N[C@H]1[C@H](OC[C@H]2O[C@@H](O[C@H]3[C@H](O)[C@@H](O)C(O)O[C@@H]3CO)[C@H](O)[C@@H](O[C@@H]3O[C@H](CO)[C@H](O)[C@H](O[C@@H]4O[C@H](CO)[C@H](O)[C@H](O)[C@H]4O)[C@H]3O)[C@H]2O)O[C@H](CO)[C@@H](O[C@@H]2O[C@H](CO)[C@H](O)[C@H](O)[C@H]2O)[C@@H]1O. The summed E-state index contributed by atoms with van der Waals surface area (Å²) >= 11 is 0. The summed E-state index contributed by atoms with van der Waals surface area (Å²) < 4.78 is 61.9. The number of ether oxygens (including phenoxy) is 11. The fourth-order valence-electron chi connectivity index (χ4n) is 8.81. The molecule has 6 rings (SSSR count). The van der Waals surface area contributed by atoms with E-state index in [0.717, 1.165) is 6.92 Å². The van der Waals surface area contributed by atoms with Crippen LogP contribution >= 0.6 is 0 Å².